The Kier molecular flexibility index (Phi) is 3.49. The second kappa shape index (κ2) is 5.97. The molecule has 0 radical (unpaired) electrons. The maximum Gasteiger partial charge on any atom is 0.270 e. The van der Waals surface area contributed by atoms with Gasteiger partial charge in [-0.3, -0.25) is 4.79 Å². The van der Waals surface area contributed by atoms with E-state index in [-0.39, 0.29) is 18.2 Å². The van der Waals surface area contributed by atoms with Gasteiger partial charge in [0.05, 0.1) is 5.69 Å². The molecule has 1 aromatic carbocycles. The number of amides is 1. The molecule has 4 fully saturated rings. The first-order chi connectivity index (χ1) is 13.7. The predicted molar refractivity (Wildman–Crippen MR) is 104 cm³/mol. The van der Waals surface area contributed by atoms with Gasteiger partial charge in [0.25, 0.3) is 5.91 Å². The second-order valence-corrected chi connectivity index (χ2v) is 9.13. The molecule has 0 spiro atoms. The van der Waals surface area contributed by atoms with Crippen LogP contribution >= 0.6 is 0 Å². The minimum absolute atomic E-state index is 0.00225. The van der Waals surface area contributed by atoms with Gasteiger partial charge in [0.15, 0.2) is 11.5 Å². The van der Waals surface area contributed by atoms with E-state index in [1.807, 2.05) is 36.4 Å². The highest BCUT2D eigenvalue weighted by atomic mass is 16.7. The number of rotatable bonds is 3. The van der Waals surface area contributed by atoms with Crippen LogP contribution in [0.3, 0.4) is 0 Å². The SMILES string of the molecule is O=C(NC12CC3CC(CC(C3)C1)C2)c1cccc(-c2ccc3c(c2)OCO3)n1. The minimum Gasteiger partial charge on any atom is -0.454 e. The number of fused-ring (bicyclic) bond motifs is 1. The number of aromatic nitrogens is 1. The Morgan fingerprint density at radius 3 is 2.43 bits per heavy atom. The van der Waals surface area contributed by atoms with E-state index in [1.165, 1.54) is 19.3 Å². The van der Waals surface area contributed by atoms with Crippen LogP contribution < -0.4 is 14.8 Å². The van der Waals surface area contributed by atoms with Crippen molar-refractivity contribution in [2.75, 3.05) is 6.79 Å². The van der Waals surface area contributed by atoms with Gasteiger partial charge in [0, 0.05) is 11.1 Å². The van der Waals surface area contributed by atoms with E-state index in [9.17, 15) is 4.79 Å². The molecule has 2 aromatic rings. The molecule has 1 aromatic heterocycles. The highest BCUT2D eigenvalue weighted by molar-refractivity contribution is 5.93. The first-order valence-electron chi connectivity index (χ1n) is 10.4. The molecule has 144 valence electrons. The molecule has 5 heteroatoms. The summed E-state index contributed by atoms with van der Waals surface area (Å²) >= 11 is 0. The predicted octanol–water partition coefficient (Wildman–Crippen LogP) is 4.18. The molecular formula is C23H24N2O3. The lowest BCUT2D eigenvalue weighted by Crippen LogP contribution is -2.59. The molecule has 0 unspecified atom stereocenters. The van der Waals surface area contributed by atoms with Gasteiger partial charge in [0.2, 0.25) is 6.79 Å². The van der Waals surface area contributed by atoms with Gasteiger partial charge >= 0.3 is 0 Å². The van der Waals surface area contributed by atoms with Crippen molar-refractivity contribution in [2.24, 2.45) is 17.8 Å². The van der Waals surface area contributed by atoms with Crippen LogP contribution in [0.25, 0.3) is 11.3 Å². The third-order valence-corrected chi connectivity index (χ3v) is 7.07. The fraction of sp³-hybridized carbons (Fsp3) is 0.478. The van der Waals surface area contributed by atoms with Crippen molar-refractivity contribution in [1.82, 2.24) is 10.3 Å². The maximum absolute atomic E-state index is 13.1. The van der Waals surface area contributed by atoms with Crippen LogP contribution in [-0.4, -0.2) is 23.2 Å². The molecule has 5 nitrogen and oxygen atoms in total. The first kappa shape index (κ1) is 16.4. The monoisotopic (exact) mass is 376 g/mol. The van der Waals surface area contributed by atoms with Crippen LogP contribution in [0, 0.1) is 17.8 Å². The highest BCUT2D eigenvalue weighted by Crippen LogP contribution is 2.55. The number of ether oxygens (including phenoxy) is 2. The van der Waals surface area contributed by atoms with Gasteiger partial charge in [0.1, 0.15) is 5.69 Å². The van der Waals surface area contributed by atoms with Crippen LogP contribution in [0.5, 0.6) is 11.5 Å². The Hall–Kier alpha value is -2.56. The molecule has 1 amide bonds. The van der Waals surface area contributed by atoms with E-state index in [0.29, 0.717) is 5.69 Å². The molecule has 7 rings (SSSR count). The fourth-order valence-electron chi connectivity index (χ4n) is 6.35. The highest BCUT2D eigenvalue weighted by Gasteiger charge is 2.51. The lowest BCUT2D eigenvalue weighted by atomic mass is 9.53. The topological polar surface area (TPSA) is 60.5 Å². The summed E-state index contributed by atoms with van der Waals surface area (Å²) in [5, 5.41) is 3.42. The van der Waals surface area contributed by atoms with Crippen LogP contribution in [0.2, 0.25) is 0 Å². The second-order valence-electron chi connectivity index (χ2n) is 9.13. The van der Waals surface area contributed by atoms with Crippen molar-refractivity contribution in [3.63, 3.8) is 0 Å². The van der Waals surface area contributed by atoms with Gasteiger partial charge in [-0.05, 0) is 86.6 Å². The zero-order valence-electron chi connectivity index (χ0n) is 15.8. The van der Waals surface area contributed by atoms with Crippen molar-refractivity contribution in [2.45, 2.75) is 44.1 Å². The summed E-state index contributed by atoms with van der Waals surface area (Å²) in [5.41, 5.74) is 2.19. The zero-order chi connectivity index (χ0) is 18.7. The summed E-state index contributed by atoms with van der Waals surface area (Å²) in [6, 6.07) is 11.4. The number of pyridine rings is 1. The normalized spacial score (nSPS) is 31.8. The number of nitrogens with zero attached hydrogens (tertiary/aromatic N) is 1. The molecule has 2 heterocycles. The maximum atomic E-state index is 13.1. The quantitative estimate of drug-likeness (QED) is 0.873. The van der Waals surface area contributed by atoms with Crippen LogP contribution in [0.4, 0.5) is 0 Å². The average Bonchev–Trinajstić information content (AvgIpc) is 3.14. The third-order valence-electron chi connectivity index (χ3n) is 7.07. The van der Waals surface area contributed by atoms with E-state index in [2.05, 4.69) is 10.3 Å². The summed E-state index contributed by atoms with van der Waals surface area (Å²) in [6.45, 7) is 0.250. The van der Waals surface area contributed by atoms with Crippen molar-refractivity contribution >= 4 is 5.91 Å². The van der Waals surface area contributed by atoms with Crippen LogP contribution in [0.1, 0.15) is 49.0 Å². The standard InChI is InChI=1S/C23H24N2O3/c26-22(25-23-10-14-6-15(11-23)8-16(7-14)12-23)19-3-1-2-18(24-19)17-4-5-20-21(9-17)28-13-27-20/h1-5,9,14-16H,6-8,10-13H2,(H,25,26). The molecule has 5 aliphatic rings. The molecular weight excluding hydrogens is 352 g/mol. The van der Waals surface area contributed by atoms with E-state index < -0.39 is 0 Å². The number of carbonyl (C=O) groups excluding carboxylic acids is 1. The van der Waals surface area contributed by atoms with Gasteiger partial charge in [-0.25, -0.2) is 4.98 Å². The Bertz CT molecular complexity index is 919. The third kappa shape index (κ3) is 2.67. The van der Waals surface area contributed by atoms with Gasteiger partial charge in [-0.2, -0.15) is 0 Å². The smallest absolute Gasteiger partial charge is 0.270 e. The molecule has 0 saturated heterocycles. The van der Waals surface area contributed by atoms with Gasteiger partial charge in [-0.1, -0.05) is 6.07 Å². The van der Waals surface area contributed by atoms with E-state index in [4.69, 9.17) is 9.47 Å². The van der Waals surface area contributed by atoms with Crippen LogP contribution in [-0.2, 0) is 0 Å². The molecule has 1 N–H and O–H groups in total. The lowest BCUT2D eigenvalue weighted by molar-refractivity contribution is -0.0167. The minimum atomic E-state index is -0.0375. The van der Waals surface area contributed by atoms with E-state index in [1.54, 1.807) is 0 Å². The Morgan fingerprint density at radius 1 is 0.964 bits per heavy atom. The van der Waals surface area contributed by atoms with Gasteiger partial charge in [-0.15, -0.1) is 0 Å². The summed E-state index contributed by atoms with van der Waals surface area (Å²) in [6.07, 6.45) is 7.54. The summed E-state index contributed by atoms with van der Waals surface area (Å²) in [5.74, 6) is 3.85. The Morgan fingerprint density at radius 2 is 1.68 bits per heavy atom. The molecule has 4 bridgehead atoms. The van der Waals surface area contributed by atoms with Crippen molar-refractivity contribution in [3.8, 4) is 22.8 Å². The van der Waals surface area contributed by atoms with Crippen molar-refractivity contribution in [1.29, 1.82) is 0 Å². The molecule has 1 aliphatic heterocycles. The molecule has 0 atom stereocenters. The molecule has 4 saturated carbocycles. The number of carbonyl (C=O) groups is 1. The largest absolute Gasteiger partial charge is 0.454 e. The van der Waals surface area contributed by atoms with Crippen LogP contribution in [0.15, 0.2) is 36.4 Å². The number of hydrogen-bond acceptors (Lipinski definition) is 4. The number of hydrogen-bond donors (Lipinski definition) is 1. The Labute approximate surface area is 164 Å². The average molecular weight is 376 g/mol. The fourth-order valence-corrected chi connectivity index (χ4v) is 6.35. The molecule has 28 heavy (non-hydrogen) atoms. The van der Waals surface area contributed by atoms with E-state index >= 15 is 0 Å². The lowest BCUT2D eigenvalue weighted by Gasteiger charge is -2.56. The summed E-state index contributed by atoms with van der Waals surface area (Å²) in [4.78, 5) is 17.7. The van der Waals surface area contributed by atoms with Gasteiger partial charge < -0.3 is 14.8 Å². The zero-order valence-corrected chi connectivity index (χ0v) is 15.8. The van der Waals surface area contributed by atoms with Crippen molar-refractivity contribution < 1.29 is 14.3 Å². The Balaban J connectivity index is 1.25. The number of benzene rings is 1. The number of nitrogens with one attached hydrogen (secondary N) is 1. The summed E-state index contributed by atoms with van der Waals surface area (Å²) in [7, 11) is 0. The van der Waals surface area contributed by atoms with Crippen molar-refractivity contribution in [3.05, 3.63) is 42.1 Å². The molecule has 4 aliphatic carbocycles. The van der Waals surface area contributed by atoms with E-state index in [0.717, 1.165) is 59.8 Å². The summed E-state index contributed by atoms with van der Waals surface area (Å²) < 4.78 is 10.8. The first-order valence-corrected chi connectivity index (χ1v) is 10.4.